The lowest BCUT2D eigenvalue weighted by Gasteiger charge is -2.01. The Kier molecular flexibility index (Phi) is 3.66. The Labute approximate surface area is 144 Å². The molecule has 0 radical (unpaired) electrons. The largest absolute Gasteiger partial charge is 0.417 e. The number of aromatic amines is 1. The van der Waals surface area contributed by atoms with E-state index in [1.54, 1.807) is 23.6 Å². The van der Waals surface area contributed by atoms with Crippen LogP contribution in [-0.4, -0.2) is 15.9 Å². The van der Waals surface area contributed by atoms with Crippen molar-refractivity contribution >= 4 is 33.5 Å². The summed E-state index contributed by atoms with van der Waals surface area (Å²) in [6.07, 6.45) is 0. The second-order valence-corrected chi connectivity index (χ2v) is 6.09. The predicted octanol–water partition coefficient (Wildman–Crippen LogP) is 3.64. The molecular formula is C17H10FN3O3S. The summed E-state index contributed by atoms with van der Waals surface area (Å²) in [5, 5.41) is 4.81. The van der Waals surface area contributed by atoms with E-state index in [9.17, 15) is 14.0 Å². The van der Waals surface area contributed by atoms with Gasteiger partial charge in [-0.2, -0.15) is 0 Å². The van der Waals surface area contributed by atoms with E-state index in [1.165, 1.54) is 29.5 Å². The molecule has 2 heterocycles. The van der Waals surface area contributed by atoms with Gasteiger partial charge in [0.05, 0.1) is 11.2 Å². The number of benzene rings is 2. The van der Waals surface area contributed by atoms with Crippen LogP contribution in [0.25, 0.3) is 22.4 Å². The Morgan fingerprint density at radius 1 is 1.24 bits per heavy atom. The van der Waals surface area contributed by atoms with Gasteiger partial charge in [-0.25, -0.2) is 14.2 Å². The Morgan fingerprint density at radius 2 is 2.12 bits per heavy atom. The van der Waals surface area contributed by atoms with Crippen molar-refractivity contribution < 1.29 is 13.6 Å². The molecule has 0 saturated carbocycles. The van der Waals surface area contributed by atoms with E-state index in [4.69, 9.17) is 4.42 Å². The summed E-state index contributed by atoms with van der Waals surface area (Å²) in [6.45, 7) is 0. The van der Waals surface area contributed by atoms with Crippen molar-refractivity contribution in [2.24, 2.45) is 0 Å². The second kappa shape index (κ2) is 5.99. The zero-order chi connectivity index (χ0) is 17.4. The second-order valence-electron chi connectivity index (χ2n) is 5.23. The van der Waals surface area contributed by atoms with Gasteiger partial charge in [0, 0.05) is 16.5 Å². The van der Waals surface area contributed by atoms with Crippen LogP contribution in [0.1, 0.15) is 10.4 Å². The van der Waals surface area contributed by atoms with Crippen LogP contribution in [0.3, 0.4) is 0 Å². The first-order valence-corrected chi connectivity index (χ1v) is 8.12. The van der Waals surface area contributed by atoms with Crippen LogP contribution in [0.5, 0.6) is 0 Å². The summed E-state index contributed by atoms with van der Waals surface area (Å²) < 4.78 is 18.2. The van der Waals surface area contributed by atoms with E-state index in [0.29, 0.717) is 21.9 Å². The summed E-state index contributed by atoms with van der Waals surface area (Å²) in [7, 11) is 0. The highest BCUT2D eigenvalue weighted by Crippen LogP contribution is 2.27. The molecule has 2 aromatic carbocycles. The molecule has 0 aliphatic rings. The van der Waals surface area contributed by atoms with Crippen molar-refractivity contribution in [3.05, 3.63) is 69.8 Å². The van der Waals surface area contributed by atoms with Crippen LogP contribution in [0.4, 0.5) is 9.52 Å². The fourth-order valence-corrected chi connectivity index (χ4v) is 3.09. The number of hydrogen-bond acceptors (Lipinski definition) is 5. The first-order valence-electron chi connectivity index (χ1n) is 7.24. The van der Waals surface area contributed by atoms with Crippen molar-refractivity contribution in [2.75, 3.05) is 5.32 Å². The number of carbonyl (C=O) groups is 1. The molecule has 0 aliphatic heterocycles. The molecule has 0 fully saturated rings. The molecule has 0 aliphatic carbocycles. The summed E-state index contributed by atoms with van der Waals surface area (Å²) >= 11 is 1.25. The maximum absolute atomic E-state index is 13.2. The number of H-pyrrole nitrogens is 1. The molecule has 0 unspecified atom stereocenters. The van der Waals surface area contributed by atoms with Crippen LogP contribution < -0.4 is 11.1 Å². The minimum absolute atomic E-state index is 0.217. The number of nitrogens with one attached hydrogen (secondary N) is 2. The molecule has 6 nitrogen and oxygen atoms in total. The molecule has 1 amide bonds. The minimum Gasteiger partial charge on any atom is -0.408 e. The molecule has 4 aromatic rings. The zero-order valence-electron chi connectivity index (χ0n) is 12.6. The van der Waals surface area contributed by atoms with Crippen molar-refractivity contribution in [3.8, 4) is 11.3 Å². The zero-order valence-corrected chi connectivity index (χ0v) is 13.4. The van der Waals surface area contributed by atoms with Gasteiger partial charge in [0.15, 0.2) is 10.7 Å². The number of thiazole rings is 1. The fraction of sp³-hybridized carbons (Fsp3) is 0. The van der Waals surface area contributed by atoms with Crippen LogP contribution in [-0.2, 0) is 0 Å². The van der Waals surface area contributed by atoms with Crippen LogP contribution >= 0.6 is 11.3 Å². The molecule has 0 spiro atoms. The van der Waals surface area contributed by atoms with Gasteiger partial charge in [-0.15, -0.1) is 11.3 Å². The Morgan fingerprint density at radius 3 is 2.96 bits per heavy atom. The maximum Gasteiger partial charge on any atom is 0.417 e. The van der Waals surface area contributed by atoms with Crippen molar-refractivity contribution in [1.82, 2.24) is 9.97 Å². The van der Waals surface area contributed by atoms with Gasteiger partial charge in [-0.05, 0) is 36.4 Å². The average molecular weight is 355 g/mol. The number of anilines is 1. The molecule has 124 valence electrons. The van der Waals surface area contributed by atoms with E-state index in [2.05, 4.69) is 15.3 Å². The number of fused-ring (bicyclic) bond motifs is 1. The number of nitrogens with zero attached hydrogens (tertiary/aromatic N) is 1. The maximum atomic E-state index is 13.2. The lowest BCUT2D eigenvalue weighted by molar-refractivity contribution is 0.102. The Balaban J connectivity index is 1.58. The average Bonchev–Trinajstić information content (AvgIpc) is 3.19. The molecule has 0 saturated heterocycles. The highest BCUT2D eigenvalue weighted by Gasteiger charge is 2.11. The Hall–Kier alpha value is -3.26. The number of rotatable bonds is 3. The third-order valence-corrected chi connectivity index (χ3v) is 4.28. The number of oxazole rings is 1. The Bertz CT molecular complexity index is 1150. The molecule has 0 bridgehead atoms. The summed E-state index contributed by atoms with van der Waals surface area (Å²) in [5.41, 5.74) is 2.66. The van der Waals surface area contributed by atoms with Gasteiger partial charge in [-0.3, -0.25) is 15.1 Å². The van der Waals surface area contributed by atoms with E-state index in [1.807, 2.05) is 0 Å². The topological polar surface area (TPSA) is 88.0 Å². The smallest absolute Gasteiger partial charge is 0.408 e. The highest BCUT2D eigenvalue weighted by molar-refractivity contribution is 7.14. The van der Waals surface area contributed by atoms with Crippen molar-refractivity contribution in [3.63, 3.8) is 0 Å². The molecule has 0 atom stereocenters. The van der Waals surface area contributed by atoms with Gasteiger partial charge in [0.25, 0.3) is 5.91 Å². The number of hydrogen-bond donors (Lipinski definition) is 2. The molecule has 4 rings (SSSR count). The molecular weight excluding hydrogens is 345 g/mol. The molecule has 8 heteroatoms. The number of amides is 1. The standard InChI is InChI=1S/C17H10FN3O3S/c18-11-3-1-2-10(6-11)15(22)21-16-19-13(8-25-16)9-4-5-14-12(7-9)20-17(23)24-14/h1-8H,(H,20,23)(H,19,21,22). The molecule has 25 heavy (non-hydrogen) atoms. The quantitative estimate of drug-likeness (QED) is 0.587. The lowest BCUT2D eigenvalue weighted by atomic mass is 10.1. The van der Waals surface area contributed by atoms with Crippen molar-refractivity contribution in [2.45, 2.75) is 0 Å². The fourth-order valence-electron chi connectivity index (χ4n) is 2.37. The highest BCUT2D eigenvalue weighted by atomic mass is 32.1. The first kappa shape index (κ1) is 15.3. The monoisotopic (exact) mass is 355 g/mol. The molecule has 2 aromatic heterocycles. The lowest BCUT2D eigenvalue weighted by Crippen LogP contribution is -2.11. The number of halogens is 1. The van der Waals surface area contributed by atoms with Gasteiger partial charge < -0.3 is 4.42 Å². The van der Waals surface area contributed by atoms with Gasteiger partial charge in [0.1, 0.15) is 5.82 Å². The predicted molar refractivity (Wildman–Crippen MR) is 92.3 cm³/mol. The summed E-state index contributed by atoms with van der Waals surface area (Å²) in [5.74, 6) is -1.43. The molecule has 2 N–H and O–H groups in total. The third kappa shape index (κ3) is 3.07. The van der Waals surface area contributed by atoms with Gasteiger partial charge in [-0.1, -0.05) is 6.07 Å². The minimum atomic E-state index is -0.520. The van der Waals surface area contributed by atoms with E-state index in [-0.39, 0.29) is 5.56 Å². The summed E-state index contributed by atoms with van der Waals surface area (Å²) in [4.78, 5) is 30.3. The van der Waals surface area contributed by atoms with E-state index >= 15 is 0 Å². The van der Waals surface area contributed by atoms with E-state index in [0.717, 1.165) is 11.6 Å². The van der Waals surface area contributed by atoms with Gasteiger partial charge >= 0.3 is 5.76 Å². The first-order chi connectivity index (χ1) is 12.1. The normalized spacial score (nSPS) is 10.9. The van der Waals surface area contributed by atoms with E-state index < -0.39 is 17.5 Å². The van der Waals surface area contributed by atoms with Crippen LogP contribution in [0.2, 0.25) is 0 Å². The van der Waals surface area contributed by atoms with Crippen molar-refractivity contribution in [1.29, 1.82) is 0 Å². The van der Waals surface area contributed by atoms with Crippen LogP contribution in [0, 0.1) is 5.82 Å². The number of aromatic nitrogens is 2. The number of carbonyl (C=O) groups excluding carboxylic acids is 1. The van der Waals surface area contributed by atoms with Gasteiger partial charge in [0.2, 0.25) is 0 Å². The SMILES string of the molecule is O=C(Nc1nc(-c2ccc3oc(=O)[nH]c3c2)cs1)c1cccc(F)c1. The van der Waals surface area contributed by atoms with Crippen LogP contribution in [0.15, 0.2) is 57.1 Å². The summed E-state index contributed by atoms with van der Waals surface area (Å²) in [6, 6.07) is 10.6. The third-order valence-electron chi connectivity index (χ3n) is 3.53.